The molecule has 0 saturated heterocycles. The number of esters is 1. The van der Waals surface area contributed by atoms with Crippen LogP contribution in [0.15, 0.2) is 47.8 Å². The first-order valence-corrected chi connectivity index (χ1v) is 9.99. The van der Waals surface area contributed by atoms with Gasteiger partial charge in [-0.3, -0.25) is 9.69 Å². The minimum absolute atomic E-state index is 0.0448. The van der Waals surface area contributed by atoms with Gasteiger partial charge in [0.25, 0.3) is 0 Å². The predicted octanol–water partition coefficient (Wildman–Crippen LogP) is 6.14. The number of hydrogen-bond acceptors (Lipinski definition) is 5. The Morgan fingerprint density at radius 3 is 2.57 bits per heavy atom. The minimum atomic E-state index is -0.550. The van der Waals surface area contributed by atoms with E-state index in [1.807, 2.05) is 0 Å². The average Bonchev–Trinajstić information content (AvgIpc) is 3.10. The molecule has 0 radical (unpaired) electrons. The lowest BCUT2D eigenvalue weighted by molar-refractivity contribution is -0.115. The lowest BCUT2D eigenvalue weighted by atomic mass is 10.2. The number of anilines is 2. The van der Waals surface area contributed by atoms with E-state index in [-0.39, 0.29) is 23.1 Å². The van der Waals surface area contributed by atoms with Crippen molar-refractivity contribution in [2.24, 2.45) is 0 Å². The maximum Gasteiger partial charge on any atom is 0.338 e. The van der Waals surface area contributed by atoms with Crippen molar-refractivity contribution in [2.45, 2.75) is 13.5 Å². The molecular formula is C19H13Cl3N2O3S. The number of hydrogen-bond donors (Lipinski definition) is 0. The van der Waals surface area contributed by atoms with Crippen LogP contribution in [0, 0.1) is 0 Å². The summed E-state index contributed by atoms with van der Waals surface area (Å²) in [6, 6.07) is 11.4. The Balaban J connectivity index is 1.73. The van der Waals surface area contributed by atoms with Crippen molar-refractivity contribution in [1.82, 2.24) is 4.98 Å². The zero-order valence-corrected chi connectivity index (χ0v) is 17.6. The van der Waals surface area contributed by atoms with Crippen LogP contribution in [0.2, 0.25) is 15.1 Å². The highest BCUT2D eigenvalue weighted by molar-refractivity contribution is 7.14. The Bertz CT molecular complexity index is 1040. The van der Waals surface area contributed by atoms with Crippen LogP contribution in [-0.4, -0.2) is 16.9 Å². The molecule has 9 heteroatoms. The van der Waals surface area contributed by atoms with Crippen LogP contribution >= 0.6 is 46.1 Å². The van der Waals surface area contributed by atoms with Gasteiger partial charge in [-0.05, 0) is 36.4 Å². The van der Waals surface area contributed by atoms with Crippen LogP contribution in [0.5, 0.6) is 0 Å². The molecule has 0 fully saturated rings. The standard InChI is InChI=1S/C19H13Cl3N2O3S/c1-11(25)24(15-4-2-3-13(20)8-15)19-23-14(10-28-19)9-27-18(26)12-5-6-16(21)17(22)7-12/h2-8,10H,9H2,1H3. The van der Waals surface area contributed by atoms with Crippen LogP contribution in [0.3, 0.4) is 0 Å². The molecule has 0 saturated carbocycles. The third-order valence-electron chi connectivity index (χ3n) is 3.62. The molecule has 144 valence electrons. The van der Waals surface area contributed by atoms with Gasteiger partial charge in [0.2, 0.25) is 5.91 Å². The number of thiazole rings is 1. The van der Waals surface area contributed by atoms with Gasteiger partial charge in [0, 0.05) is 17.3 Å². The molecule has 0 bridgehead atoms. The summed E-state index contributed by atoms with van der Waals surface area (Å²) in [6.07, 6.45) is 0. The average molecular weight is 456 g/mol. The van der Waals surface area contributed by atoms with Crippen molar-refractivity contribution in [3.63, 3.8) is 0 Å². The molecule has 1 heterocycles. The molecule has 0 aliphatic carbocycles. The fourth-order valence-corrected chi connectivity index (χ4v) is 3.71. The molecule has 0 aliphatic heterocycles. The molecule has 0 spiro atoms. The van der Waals surface area contributed by atoms with E-state index in [1.54, 1.807) is 29.6 Å². The summed E-state index contributed by atoms with van der Waals surface area (Å²) in [5, 5.41) is 3.31. The van der Waals surface area contributed by atoms with Crippen LogP contribution in [0.25, 0.3) is 0 Å². The number of carbonyl (C=O) groups excluding carboxylic acids is 2. The Kier molecular flexibility index (Phi) is 6.57. The Hall–Kier alpha value is -2.12. The van der Waals surface area contributed by atoms with E-state index >= 15 is 0 Å². The largest absolute Gasteiger partial charge is 0.456 e. The highest BCUT2D eigenvalue weighted by Crippen LogP contribution is 2.30. The van der Waals surface area contributed by atoms with Crippen molar-refractivity contribution >= 4 is 68.8 Å². The molecule has 0 unspecified atom stereocenters. The summed E-state index contributed by atoms with van der Waals surface area (Å²) in [7, 11) is 0. The molecule has 0 aliphatic rings. The summed E-state index contributed by atoms with van der Waals surface area (Å²) in [5.74, 6) is -0.762. The van der Waals surface area contributed by atoms with Gasteiger partial charge in [-0.25, -0.2) is 9.78 Å². The van der Waals surface area contributed by atoms with E-state index in [1.165, 1.54) is 41.4 Å². The SMILES string of the molecule is CC(=O)N(c1cccc(Cl)c1)c1nc(COC(=O)c2ccc(Cl)c(Cl)c2)cs1. The first kappa shape index (κ1) is 20.6. The van der Waals surface area contributed by atoms with E-state index in [4.69, 9.17) is 39.5 Å². The summed E-state index contributed by atoms with van der Waals surface area (Å²) in [4.78, 5) is 30.1. The van der Waals surface area contributed by atoms with Gasteiger partial charge < -0.3 is 4.74 Å². The van der Waals surface area contributed by atoms with Crippen LogP contribution in [-0.2, 0) is 16.1 Å². The lowest BCUT2D eigenvalue weighted by Crippen LogP contribution is -2.22. The lowest BCUT2D eigenvalue weighted by Gasteiger charge is -2.18. The third-order valence-corrected chi connectivity index (χ3v) is 5.47. The second kappa shape index (κ2) is 8.92. The van der Waals surface area contributed by atoms with Gasteiger partial charge in [0.1, 0.15) is 6.61 Å². The smallest absolute Gasteiger partial charge is 0.338 e. The van der Waals surface area contributed by atoms with Crippen LogP contribution in [0.4, 0.5) is 10.8 Å². The van der Waals surface area contributed by atoms with E-state index in [0.717, 1.165) is 0 Å². The van der Waals surface area contributed by atoms with Crippen molar-refractivity contribution in [3.8, 4) is 0 Å². The van der Waals surface area contributed by atoms with E-state index < -0.39 is 5.97 Å². The van der Waals surface area contributed by atoms with Crippen molar-refractivity contribution < 1.29 is 14.3 Å². The third kappa shape index (κ3) is 4.83. The highest BCUT2D eigenvalue weighted by atomic mass is 35.5. The van der Waals surface area contributed by atoms with Gasteiger partial charge in [-0.1, -0.05) is 40.9 Å². The number of rotatable bonds is 5. The fourth-order valence-electron chi connectivity index (χ4n) is 2.35. The van der Waals surface area contributed by atoms with Crippen molar-refractivity contribution in [2.75, 3.05) is 4.90 Å². The predicted molar refractivity (Wildman–Crippen MR) is 112 cm³/mol. The first-order chi connectivity index (χ1) is 13.3. The quantitative estimate of drug-likeness (QED) is 0.433. The summed E-state index contributed by atoms with van der Waals surface area (Å²) < 4.78 is 5.27. The molecule has 0 atom stereocenters. The van der Waals surface area contributed by atoms with Crippen LogP contribution < -0.4 is 4.90 Å². The highest BCUT2D eigenvalue weighted by Gasteiger charge is 2.19. The minimum Gasteiger partial charge on any atom is -0.456 e. The number of amides is 1. The van der Waals surface area contributed by atoms with Crippen LogP contribution in [0.1, 0.15) is 23.0 Å². The number of aromatic nitrogens is 1. The molecule has 1 aromatic heterocycles. The first-order valence-electron chi connectivity index (χ1n) is 7.98. The normalized spacial score (nSPS) is 10.6. The zero-order valence-electron chi connectivity index (χ0n) is 14.5. The molecule has 2 aromatic carbocycles. The fraction of sp³-hybridized carbons (Fsp3) is 0.105. The Morgan fingerprint density at radius 2 is 1.89 bits per heavy atom. The van der Waals surface area contributed by atoms with Gasteiger partial charge in [-0.2, -0.15) is 0 Å². The molecule has 28 heavy (non-hydrogen) atoms. The number of ether oxygens (including phenoxy) is 1. The monoisotopic (exact) mass is 454 g/mol. The molecule has 0 N–H and O–H groups in total. The number of nitrogens with zero attached hydrogens (tertiary/aromatic N) is 2. The molecule has 1 amide bonds. The summed E-state index contributed by atoms with van der Waals surface area (Å²) in [6.45, 7) is 1.39. The molecule has 3 aromatic rings. The maximum absolute atomic E-state index is 12.2. The van der Waals surface area contributed by atoms with Gasteiger partial charge in [0.05, 0.1) is 27.0 Å². The van der Waals surface area contributed by atoms with E-state index in [0.29, 0.717) is 26.6 Å². The molecule has 3 rings (SSSR count). The summed E-state index contributed by atoms with van der Waals surface area (Å²) in [5.41, 5.74) is 1.41. The van der Waals surface area contributed by atoms with E-state index in [2.05, 4.69) is 4.98 Å². The van der Waals surface area contributed by atoms with Crippen molar-refractivity contribution in [1.29, 1.82) is 0 Å². The van der Waals surface area contributed by atoms with Crippen molar-refractivity contribution in [3.05, 3.63) is 74.2 Å². The second-order valence-electron chi connectivity index (χ2n) is 5.66. The second-order valence-corrected chi connectivity index (χ2v) is 7.75. The summed E-state index contributed by atoms with van der Waals surface area (Å²) >= 11 is 19.0. The molecular weight excluding hydrogens is 443 g/mol. The number of carbonyl (C=O) groups is 2. The number of benzene rings is 2. The topological polar surface area (TPSA) is 59.5 Å². The molecule has 5 nitrogen and oxygen atoms in total. The van der Waals surface area contributed by atoms with Gasteiger partial charge in [-0.15, -0.1) is 11.3 Å². The van der Waals surface area contributed by atoms with E-state index in [9.17, 15) is 9.59 Å². The zero-order chi connectivity index (χ0) is 20.3. The maximum atomic E-state index is 12.2. The van der Waals surface area contributed by atoms with Gasteiger partial charge in [0.15, 0.2) is 5.13 Å². The Labute approximate surface area is 180 Å². The van der Waals surface area contributed by atoms with Gasteiger partial charge >= 0.3 is 5.97 Å². The number of halogens is 3. The Morgan fingerprint density at radius 1 is 1.11 bits per heavy atom.